The normalized spacial score (nSPS) is 34.7. The van der Waals surface area contributed by atoms with Crippen molar-refractivity contribution in [3.05, 3.63) is 52.1 Å². The SMILES string of the molecule is COC[C@]1(O)CC[C@H]2[C@@H]3CCC4=C(c5ccccc5/C=N\O)C(=O)CCC4=C3CC[C@@]21C. The minimum absolute atomic E-state index is 0.115. The highest BCUT2D eigenvalue weighted by Gasteiger charge is 2.60. The van der Waals surface area contributed by atoms with Gasteiger partial charge in [0.15, 0.2) is 5.78 Å². The largest absolute Gasteiger partial charge is 0.411 e. The molecule has 0 aliphatic heterocycles. The molecular formula is C27H33NO4. The van der Waals surface area contributed by atoms with Crippen molar-refractivity contribution in [2.45, 2.75) is 63.9 Å². The van der Waals surface area contributed by atoms with Crippen molar-refractivity contribution in [3.8, 4) is 0 Å². The Morgan fingerprint density at radius 2 is 1.94 bits per heavy atom. The lowest BCUT2D eigenvalue weighted by atomic mass is 9.54. The van der Waals surface area contributed by atoms with E-state index in [-0.39, 0.29) is 11.2 Å². The van der Waals surface area contributed by atoms with E-state index in [0.717, 1.165) is 61.6 Å². The molecule has 4 aliphatic rings. The summed E-state index contributed by atoms with van der Waals surface area (Å²) in [5, 5.41) is 23.8. The van der Waals surface area contributed by atoms with Gasteiger partial charge in [0.1, 0.15) is 0 Å². The van der Waals surface area contributed by atoms with Crippen LogP contribution in [0.1, 0.15) is 69.4 Å². The number of Topliss-reactive ketones (excluding diaryl/α,β-unsaturated/α-hetero) is 1. The van der Waals surface area contributed by atoms with Gasteiger partial charge in [0.2, 0.25) is 0 Å². The van der Waals surface area contributed by atoms with Gasteiger partial charge in [-0.3, -0.25) is 4.79 Å². The third-order valence-corrected chi connectivity index (χ3v) is 9.05. The molecule has 1 aromatic rings. The molecule has 2 saturated carbocycles. The summed E-state index contributed by atoms with van der Waals surface area (Å²) in [6, 6.07) is 7.71. The number of fused-ring (bicyclic) bond motifs is 4. The fourth-order valence-corrected chi connectivity index (χ4v) is 7.43. The number of carbonyl (C=O) groups excluding carboxylic acids is 1. The zero-order chi connectivity index (χ0) is 22.5. The maximum Gasteiger partial charge on any atom is 0.164 e. The van der Waals surface area contributed by atoms with Crippen LogP contribution in [0.15, 0.2) is 46.1 Å². The van der Waals surface area contributed by atoms with E-state index in [4.69, 9.17) is 9.94 Å². The number of ketones is 1. The molecule has 0 bridgehead atoms. The van der Waals surface area contributed by atoms with Gasteiger partial charge in [-0.05, 0) is 73.5 Å². The number of oxime groups is 1. The molecule has 2 fully saturated rings. The first kappa shape index (κ1) is 21.6. The molecule has 5 nitrogen and oxygen atoms in total. The second-order valence-corrected chi connectivity index (χ2v) is 10.3. The maximum absolute atomic E-state index is 13.1. The highest BCUT2D eigenvalue weighted by molar-refractivity contribution is 6.24. The van der Waals surface area contributed by atoms with E-state index < -0.39 is 5.60 Å². The van der Waals surface area contributed by atoms with Crippen LogP contribution >= 0.6 is 0 Å². The highest BCUT2D eigenvalue weighted by atomic mass is 16.5. The van der Waals surface area contributed by atoms with Crippen LogP contribution in [0, 0.1) is 17.3 Å². The van der Waals surface area contributed by atoms with Gasteiger partial charge in [0.05, 0.1) is 18.4 Å². The molecule has 4 atom stereocenters. The van der Waals surface area contributed by atoms with Crippen LogP contribution in [0.25, 0.3) is 5.57 Å². The van der Waals surface area contributed by atoms with Gasteiger partial charge in [-0.1, -0.05) is 41.9 Å². The number of methoxy groups -OCH3 is 1. The summed E-state index contributed by atoms with van der Waals surface area (Å²) in [5.74, 6) is 1.15. The Labute approximate surface area is 189 Å². The highest BCUT2D eigenvalue weighted by Crippen LogP contribution is 2.63. The minimum Gasteiger partial charge on any atom is -0.411 e. The smallest absolute Gasteiger partial charge is 0.164 e. The minimum atomic E-state index is -0.741. The monoisotopic (exact) mass is 435 g/mol. The topological polar surface area (TPSA) is 79.1 Å². The molecule has 1 aromatic carbocycles. The molecule has 5 rings (SSSR count). The van der Waals surface area contributed by atoms with Crippen LogP contribution in [-0.2, 0) is 9.53 Å². The maximum atomic E-state index is 13.1. The summed E-state index contributed by atoms with van der Waals surface area (Å²) < 4.78 is 5.44. The second kappa shape index (κ2) is 7.96. The van der Waals surface area contributed by atoms with Crippen LogP contribution < -0.4 is 0 Å². The fraction of sp³-hybridized carbons (Fsp3) is 0.556. The molecule has 5 heteroatoms. The number of carbonyl (C=O) groups is 1. The molecule has 0 heterocycles. The molecule has 170 valence electrons. The van der Waals surface area contributed by atoms with Gasteiger partial charge in [0, 0.05) is 30.1 Å². The number of ether oxygens (including phenoxy) is 1. The Balaban J connectivity index is 1.59. The van der Waals surface area contributed by atoms with E-state index >= 15 is 0 Å². The predicted octanol–water partition coefficient (Wildman–Crippen LogP) is 4.91. The fourth-order valence-electron chi connectivity index (χ4n) is 7.43. The van der Waals surface area contributed by atoms with Crippen LogP contribution in [0.2, 0.25) is 0 Å². The molecular weight excluding hydrogens is 402 g/mol. The third-order valence-electron chi connectivity index (χ3n) is 9.05. The van der Waals surface area contributed by atoms with Crippen LogP contribution in [0.5, 0.6) is 0 Å². The Hall–Kier alpha value is -2.24. The summed E-state index contributed by atoms with van der Waals surface area (Å²) in [7, 11) is 1.68. The average Bonchev–Trinajstić information content (AvgIpc) is 3.05. The Bertz CT molecular complexity index is 1040. The first-order valence-electron chi connectivity index (χ1n) is 11.9. The lowest BCUT2D eigenvalue weighted by molar-refractivity contribution is -0.125. The number of aliphatic hydroxyl groups is 1. The molecule has 0 spiro atoms. The van der Waals surface area contributed by atoms with Crippen molar-refractivity contribution in [2.24, 2.45) is 22.4 Å². The number of benzene rings is 1. The first-order valence-corrected chi connectivity index (χ1v) is 11.9. The summed E-state index contributed by atoms with van der Waals surface area (Å²) in [5.41, 5.74) is 5.76. The zero-order valence-electron chi connectivity index (χ0n) is 19.1. The summed E-state index contributed by atoms with van der Waals surface area (Å²) in [4.78, 5) is 13.1. The van der Waals surface area contributed by atoms with Gasteiger partial charge in [-0.15, -0.1) is 0 Å². The van der Waals surface area contributed by atoms with E-state index in [1.807, 2.05) is 24.3 Å². The number of rotatable bonds is 4. The Morgan fingerprint density at radius 3 is 2.72 bits per heavy atom. The Kier molecular flexibility index (Phi) is 5.37. The van der Waals surface area contributed by atoms with Gasteiger partial charge in [-0.2, -0.15) is 0 Å². The number of allylic oxidation sites excluding steroid dienone is 4. The van der Waals surface area contributed by atoms with Crippen molar-refractivity contribution in [1.82, 2.24) is 0 Å². The van der Waals surface area contributed by atoms with Gasteiger partial charge >= 0.3 is 0 Å². The molecule has 4 aliphatic carbocycles. The predicted molar refractivity (Wildman–Crippen MR) is 124 cm³/mol. The quantitative estimate of drug-likeness (QED) is 0.400. The van der Waals surface area contributed by atoms with E-state index in [1.165, 1.54) is 22.9 Å². The average molecular weight is 436 g/mol. The molecule has 32 heavy (non-hydrogen) atoms. The van der Waals surface area contributed by atoms with Crippen molar-refractivity contribution < 1.29 is 19.8 Å². The molecule has 0 amide bonds. The lowest BCUT2D eigenvalue weighted by Crippen LogP contribution is -2.52. The number of hydrogen-bond donors (Lipinski definition) is 2. The first-order chi connectivity index (χ1) is 15.4. The van der Waals surface area contributed by atoms with Crippen molar-refractivity contribution in [1.29, 1.82) is 0 Å². The van der Waals surface area contributed by atoms with Gasteiger partial charge in [-0.25, -0.2) is 0 Å². The molecule has 0 saturated heterocycles. The molecule has 0 unspecified atom stereocenters. The molecule has 2 N–H and O–H groups in total. The van der Waals surface area contributed by atoms with E-state index in [2.05, 4.69) is 12.1 Å². The Morgan fingerprint density at radius 1 is 1.12 bits per heavy atom. The molecule has 0 aromatic heterocycles. The van der Waals surface area contributed by atoms with Crippen molar-refractivity contribution in [2.75, 3.05) is 13.7 Å². The van der Waals surface area contributed by atoms with Crippen LogP contribution in [0.4, 0.5) is 0 Å². The van der Waals surface area contributed by atoms with Crippen LogP contribution in [0.3, 0.4) is 0 Å². The third kappa shape index (κ3) is 3.05. The second-order valence-electron chi connectivity index (χ2n) is 10.3. The summed E-state index contributed by atoms with van der Waals surface area (Å²) in [6.45, 7) is 2.68. The van der Waals surface area contributed by atoms with Crippen molar-refractivity contribution >= 4 is 17.6 Å². The summed E-state index contributed by atoms with van der Waals surface area (Å²) in [6.07, 6.45) is 8.51. The number of hydrogen-bond acceptors (Lipinski definition) is 5. The standard InChI is InChI=1S/C27H33NO4/c1-26-13-11-20-19-9-10-24(29)25(18-6-4-3-5-17(18)15-28-31)22(19)8-7-21(20)23(26)12-14-27(26,30)16-32-2/h3-6,15,21,23,30-31H,7-14,16H2,1-2H3/b28-15-/t21-,23+,26+,27-/m1/s1. The molecule has 0 radical (unpaired) electrons. The van der Waals surface area contributed by atoms with Gasteiger partial charge < -0.3 is 15.1 Å². The van der Waals surface area contributed by atoms with E-state index in [0.29, 0.717) is 24.9 Å². The number of nitrogens with zero attached hydrogens (tertiary/aromatic N) is 1. The van der Waals surface area contributed by atoms with Gasteiger partial charge in [0.25, 0.3) is 0 Å². The van der Waals surface area contributed by atoms with Crippen molar-refractivity contribution in [3.63, 3.8) is 0 Å². The van der Waals surface area contributed by atoms with E-state index in [9.17, 15) is 9.90 Å². The van der Waals surface area contributed by atoms with E-state index in [1.54, 1.807) is 7.11 Å². The summed E-state index contributed by atoms with van der Waals surface area (Å²) >= 11 is 0. The zero-order valence-corrected chi connectivity index (χ0v) is 19.1. The lowest BCUT2D eigenvalue weighted by Gasteiger charge is -2.52. The van der Waals surface area contributed by atoms with Crippen LogP contribution in [-0.4, -0.2) is 41.6 Å².